The van der Waals surface area contributed by atoms with Gasteiger partial charge in [-0.2, -0.15) is 0 Å². The molecule has 1 fully saturated rings. The molecule has 0 spiro atoms. The Balaban J connectivity index is 2.36. The van der Waals surface area contributed by atoms with Gasteiger partial charge < -0.3 is 10.0 Å². The fraction of sp³-hybridized carbons (Fsp3) is 0.300. The van der Waals surface area contributed by atoms with Gasteiger partial charge in [-0.15, -0.1) is 0 Å². The van der Waals surface area contributed by atoms with E-state index in [9.17, 15) is 23.3 Å². The Kier molecular flexibility index (Phi) is 3.36. The topological polar surface area (TPSA) is 144 Å². The van der Waals surface area contributed by atoms with E-state index in [1.165, 1.54) is 11.0 Å². The average molecular weight is 301 g/mol. The number of anilines is 1. The van der Waals surface area contributed by atoms with Crippen LogP contribution in [0, 0.1) is 16.0 Å². The molecule has 1 saturated heterocycles. The van der Waals surface area contributed by atoms with E-state index in [0.717, 1.165) is 12.1 Å². The molecule has 108 valence electrons. The van der Waals surface area contributed by atoms with E-state index in [2.05, 4.69) is 0 Å². The number of benzene rings is 1. The highest BCUT2D eigenvalue weighted by Gasteiger charge is 2.36. The summed E-state index contributed by atoms with van der Waals surface area (Å²) < 4.78 is 22.4. The van der Waals surface area contributed by atoms with Crippen molar-refractivity contribution in [3.63, 3.8) is 0 Å². The van der Waals surface area contributed by atoms with Crippen molar-refractivity contribution in [2.75, 3.05) is 18.0 Å². The SMILES string of the molecule is NS(=O)(=O)c1ccc(N2CC(C(=O)O)C2)c([N+](=O)[O-])c1. The minimum atomic E-state index is -4.03. The molecule has 0 aliphatic carbocycles. The second kappa shape index (κ2) is 4.72. The summed E-state index contributed by atoms with van der Waals surface area (Å²) in [6, 6.07) is 3.29. The molecule has 0 radical (unpaired) electrons. The van der Waals surface area contributed by atoms with Gasteiger partial charge in [-0.3, -0.25) is 14.9 Å². The van der Waals surface area contributed by atoms with Crippen LogP contribution >= 0.6 is 0 Å². The zero-order valence-corrected chi connectivity index (χ0v) is 10.9. The number of rotatable bonds is 4. The third kappa shape index (κ3) is 2.56. The fourth-order valence-electron chi connectivity index (χ4n) is 1.93. The van der Waals surface area contributed by atoms with Crippen LogP contribution in [0.3, 0.4) is 0 Å². The monoisotopic (exact) mass is 301 g/mol. The Morgan fingerprint density at radius 2 is 2.05 bits per heavy atom. The van der Waals surface area contributed by atoms with E-state index in [4.69, 9.17) is 10.2 Å². The van der Waals surface area contributed by atoms with Gasteiger partial charge in [-0.1, -0.05) is 0 Å². The Hall–Kier alpha value is -2.20. The number of primary sulfonamides is 1. The second-order valence-electron chi connectivity index (χ2n) is 4.39. The predicted octanol–water partition coefficient (Wildman–Crippen LogP) is -0.237. The van der Waals surface area contributed by atoms with Crippen molar-refractivity contribution in [2.24, 2.45) is 11.1 Å². The Bertz CT molecular complexity index is 680. The zero-order valence-electron chi connectivity index (χ0n) is 10.1. The van der Waals surface area contributed by atoms with Gasteiger partial charge in [-0.25, -0.2) is 13.6 Å². The second-order valence-corrected chi connectivity index (χ2v) is 5.95. The highest BCUT2D eigenvalue weighted by molar-refractivity contribution is 7.89. The van der Waals surface area contributed by atoms with E-state index in [-0.39, 0.29) is 23.7 Å². The van der Waals surface area contributed by atoms with Crippen LogP contribution in [0.25, 0.3) is 0 Å². The zero-order chi connectivity index (χ0) is 15.1. The Morgan fingerprint density at radius 1 is 1.45 bits per heavy atom. The molecule has 1 aromatic carbocycles. The first kappa shape index (κ1) is 14.2. The van der Waals surface area contributed by atoms with E-state index < -0.39 is 32.5 Å². The van der Waals surface area contributed by atoms with Gasteiger partial charge in [0.05, 0.1) is 15.7 Å². The van der Waals surface area contributed by atoms with Crippen LogP contribution in [0.2, 0.25) is 0 Å². The lowest BCUT2D eigenvalue weighted by atomic mass is 9.99. The van der Waals surface area contributed by atoms with Gasteiger partial charge in [0, 0.05) is 19.2 Å². The molecule has 20 heavy (non-hydrogen) atoms. The molecule has 0 unspecified atom stereocenters. The van der Waals surface area contributed by atoms with Crippen LogP contribution in [0.5, 0.6) is 0 Å². The summed E-state index contributed by atoms with van der Waals surface area (Å²) in [7, 11) is -4.03. The van der Waals surface area contributed by atoms with Crippen molar-refractivity contribution in [3.05, 3.63) is 28.3 Å². The van der Waals surface area contributed by atoms with Crippen molar-refractivity contribution in [1.82, 2.24) is 0 Å². The normalized spacial score (nSPS) is 15.8. The maximum absolute atomic E-state index is 11.2. The third-order valence-electron chi connectivity index (χ3n) is 3.04. The van der Waals surface area contributed by atoms with Crippen LogP contribution in [-0.2, 0) is 14.8 Å². The molecule has 9 nitrogen and oxygen atoms in total. The number of nitrogens with zero attached hydrogens (tertiary/aromatic N) is 2. The standard InChI is InChI=1S/C10H11N3O6S/c11-20(18,19)7-1-2-8(9(3-7)13(16)17)12-4-6(5-12)10(14)15/h1-3,6H,4-5H2,(H,14,15)(H2,11,18,19). The van der Waals surface area contributed by atoms with Gasteiger partial charge in [-0.05, 0) is 12.1 Å². The van der Waals surface area contributed by atoms with Crippen LogP contribution in [0.15, 0.2) is 23.1 Å². The molecule has 1 heterocycles. The lowest BCUT2D eigenvalue weighted by Crippen LogP contribution is -2.50. The summed E-state index contributed by atoms with van der Waals surface area (Å²) in [5.41, 5.74) is -0.236. The quantitative estimate of drug-likeness (QED) is 0.577. The van der Waals surface area contributed by atoms with Crippen molar-refractivity contribution < 1.29 is 23.2 Å². The van der Waals surface area contributed by atoms with Gasteiger partial charge >= 0.3 is 5.97 Å². The number of nitro groups is 1. The number of aliphatic carboxylic acids is 1. The van der Waals surface area contributed by atoms with E-state index in [0.29, 0.717) is 0 Å². The molecule has 0 amide bonds. The minimum absolute atomic E-state index is 0.144. The predicted molar refractivity (Wildman–Crippen MR) is 67.8 cm³/mol. The number of nitro benzene ring substituents is 1. The molecule has 0 bridgehead atoms. The largest absolute Gasteiger partial charge is 0.481 e. The summed E-state index contributed by atoms with van der Waals surface area (Å²) in [5, 5.41) is 24.7. The number of carboxylic acid groups (broad SMARTS) is 1. The molecule has 2 rings (SSSR count). The highest BCUT2D eigenvalue weighted by atomic mass is 32.2. The summed E-state index contributed by atoms with van der Waals surface area (Å²) in [5.74, 6) is -1.54. The van der Waals surface area contributed by atoms with E-state index in [1.807, 2.05) is 0 Å². The number of carboxylic acids is 1. The van der Waals surface area contributed by atoms with Crippen molar-refractivity contribution in [3.8, 4) is 0 Å². The lowest BCUT2D eigenvalue weighted by Gasteiger charge is -2.38. The molecule has 10 heteroatoms. The average Bonchev–Trinajstić information content (AvgIpc) is 2.24. The van der Waals surface area contributed by atoms with Gasteiger partial charge in [0.25, 0.3) is 5.69 Å². The molecular formula is C10H11N3O6S. The van der Waals surface area contributed by atoms with Gasteiger partial charge in [0.2, 0.25) is 10.0 Å². The van der Waals surface area contributed by atoms with Crippen molar-refractivity contribution in [1.29, 1.82) is 0 Å². The smallest absolute Gasteiger partial charge is 0.310 e. The molecule has 1 aliphatic heterocycles. The summed E-state index contributed by atoms with van der Waals surface area (Å²) in [6.07, 6.45) is 0. The highest BCUT2D eigenvalue weighted by Crippen LogP contribution is 2.34. The van der Waals surface area contributed by atoms with Crippen molar-refractivity contribution in [2.45, 2.75) is 4.90 Å². The van der Waals surface area contributed by atoms with Crippen LogP contribution < -0.4 is 10.0 Å². The Morgan fingerprint density at radius 3 is 2.50 bits per heavy atom. The Labute approximate surface area is 113 Å². The molecule has 1 aliphatic rings. The van der Waals surface area contributed by atoms with Crippen LogP contribution in [0.1, 0.15) is 0 Å². The molecule has 0 aromatic heterocycles. The minimum Gasteiger partial charge on any atom is -0.481 e. The summed E-state index contributed by atoms with van der Waals surface area (Å²) in [6.45, 7) is 0.287. The number of hydrogen-bond acceptors (Lipinski definition) is 6. The number of nitrogens with two attached hydrogens (primary N) is 1. The van der Waals surface area contributed by atoms with Crippen molar-refractivity contribution >= 4 is 27.4 Å². The summed E-state index contributed by atoms with van der Waals surface area (Å²) in [4.78, 5) is 22.1. The van der Waals surface area contributed by atoms with E-state index in [1.54, 1.807) is 0 Å². The molecule has 0 atom stereocenters. The van der Waals surface area contributed by atoms with Crippen LogP contribution in [0.4, 0.5) is 11.4 Å². The lowest BCUT2D eigenvalue weighted by molar-refractivity contribution is -0.384. The fourth-order valence-corrected chi connectivity index (χ4v) is 2.46. The molecule has 1 aromatic rings. The first-order valence-corrected chi connectivity index (χ1v) is 7.04. The maximum atomic E-state index is 11.2. The first-order valence-electron chi connectivity index (χ1n) is 5.49. The molecule has 3 N–H and O–H groups in total. The molecule has 0 saturated carbocycles. The summed E-state index contributed by atoms with van der Waals surface area (Å²) >= 11 is 0. The third-order valence-corrected chi connectivity index (χ3v) is 3.95. The number of carbonyl (C=O) groups is 1. The molecular weight excluding hydrogens is 290 g/mol. The number of hydrogen-bond donors (Lipinski definition) is 2. The van der Waals surface area contributed by atoms with Gasteiger partial charge in [0.1, 0.15) is 5.69 Å². The number of sulfonamides is 1. The van der Waals surface area contributed by atoms with Crippen LogP contribution in [-0.4, -0.2) is 37.5 Å². The van der Waals surface area contributed by atoms with Gasteiger partial charge in [0.15, 0.2) is 0 Å². The maximum Gasteiger partial charge on any atom is 0.310 e. The van der Waals surface area contributed by atoms with E-state index >= 15 is 0 Å². The first-order chi connectivity index (χ1) is 9.20.